The number of hydrogen-bond acceptors (Lipinski definition) is 6. The van der Waals surface area contributed by atoms with E-state index in [1.807, 2.05) is 45.2 Å². The highest BCUT2D eigenvalue weighted by Gasteiger charge is 2.21. The summed E-state index contributed by atoms with van der Waals surface area (Å²) in [5.41, 5.74) is -0.531. The van der Waals surface area contributed by atoms with E-state index in [2.05, 4.69) is 15.8 Å². The molecule has 2 N–H and O–H groups in total. The van der Waals surface area contributed by atoms with Gasteiger partial charge in [-0.3, -0.25) is 9.71 Å². The molecule has 0 radical (unpaired) electrons. The number of aromatic nitrogens is 1. The van der Waals surface area contributed by atoms with Crippen LogP contribution in [0.2, 0.25) is 0 Å². The fraction of sp³-hybridized carbons (Fsp3) is 0.474. The fourth-order valence-corrected chi connectivity index (χ4v) is 3.00. The molecule has 142 valence electrons. The van der Waals surface area contributed by atoms with Crippen molar-refractivity contribution < 1.29 is 14.6 Å². The Labute approximate surface area is 159 Å². The smallest absolute Gasteiger partial charge is 0.410 e. The van der Waals surface area contributed by atoms with E-state index >= 15 is 0 Å². The van der Waals surface area contributed by atoms with Crippen molar-refractivity contribution in [1.29, 1.82) is 0 Å². The lowest BCUT2D eigenvalue weighted by Crippen LogP contribution is -2.40. The highest BCUT2D eigenvalue weighted by molar-refractivity contribution is 7.97. The Bertz CT molecular complexity index is 718. The van der Waals surface area contributed by atoms with Crippen molar-refractivity contribution in [3.63, 3.8) is 0 Å². The third kappa shape index (κ3) is 6.82. The highest BCUT2D eigenvalue weighted by atomic mass is 32.2. The van der Waals surface area contributed by atoms with Crippen LogP contribution in [0.1, 0.15) is 27.2 Å². The first-order chi connectivity index (χ1) is 12.4. The van der Waals surface area contributed by atoms with E-state index in [0.29, 0.717) is 26.1 Å². The van der Waals surface area contributed by atoms with Crippen molar-refractivity contribution in [2.24, 2.45) is 0 Å². The van der Waals surface area contributed by atoms with Gasteiger partial charge < -0.3 is 14.7 Å². The van der Waals surface area contributed by atoms with Crippen LogP contribution >= 0.6 is 11.9 Å². The van der Waals surface area contributed by atoms with Crippen LogP contribution in [0.3, 0.4) is 0 Å². The predicted octanol–water partition coefficient (Wildman–Crippen LogP) is 3.45. The quantitative estimate of drug-likeness (QED) is 0.542. The largest absolute Gasteiger partial charge is 0.444 e. The van der Waals surface area contributed by atoms with E-state index in [1.165, 1.54) is 11.9 Å². The molecule has 1 aromatic heterocycles. The van der Waals surface area contributed by atoms with Crippen molar-refractivity contribution in [2.75, 3.05) is 26.2 Å². The minimum Gasteiger partial charge on any atom is -0.444 e. The summed E-state index contributed by atoms with van der Waals surface area (Å²) < 4.78 is 8.71. The number of pyridine rings is 1. The molecule has 1 aromatic carbocycles. The molecule has 26 heavy (non-hydrogen) atoms. The second-order valence-electron chi connectivity index (χ2n) is 6.93. The summed E-state index contributed by atoms with van der Waals surface area (Å²) in [6.45, 7) is 7.19. The third-order valence-electron chi connectivity index (χ3n) is 3.52. The molecule has 6 nitrogen and oxygen atoms in total. The van der Waals surface area contributed by atoms with E-state index in [-0.39, 0.29) is 12.7 Å². The van der Waals surface area contributed by atoms with Crippen molar-refractivity contribution in [2.45, 2.75) is 37.7 Å². The molecule has 0 saturated heterocycles. The second-order valence-corrected chi connectivity index (χ2v) is 7.89. The highest BCUT2D eigenvalue weighted by Crippen LogP contribution is 2.21. The van der Waals surface area contributed by atoms with E-state index in [1.54, 1.807) is 11.1 Å². The summed E-state index contributed by atoms with van der Waals surface area (Å²) in [5, 5.41) is 11.3. The maximum absolute atomic E-state index is 12.3. The van der Waals surface area contributed by atoms with Gasteiger partial charge in [0, 0.05) is 48.9 Å². The number of carbonyl (C=O) groups is 1. The summed E-state index contributed by atoms with van der Waals surface area (Å²) >= 11 is 1.53. The lowest BCUT2D eigenvalue weighted by molar-refractivity contribution is 0.0245. The lowest BCUT2D eigenvalue weighted by Gasteiger charge is -2.27. The number of amides is 1. The van der Waals surface area contributed by atoms with Crippen molar-refractivity contribution in [3.05, 3.63) is 36.7 Å². The SMILES string of the molecule is CC(C)(C)OC(=O)N(CCCO)CCNSc1ccc2cnccc2c1. The summed E-state index contributed by atoms with van der Waals surface area (Å²) in [7, 11) is 0. The molecule has 7 heteroatoms. The predicted molar refractivity (Wildman–Crippen MR) is 105 cm³/mol. The molecule has 0 saturated carbocycles. The minimum absolute atomic E-state index is 0.0490. The number of fused-ring (bicyclic) bond motifs is 1. The van der Waals surface area contributed by atoms with Gasteiger partial charge >= 0.3 is 6.09 Å². The van der Waals surface area contributed by atoms with Crippen LogP contribution < -0.4 is 4.72 Å². The first kappa shape index (κ1) is 20.5. The van der Waals surface area contributed by atoms with Gasteiger partial charge in [-0.1, -0.05) is 6.07 Å². The number of carbonyl (C=O) groups excluding carboxylic acids is 1. The number of aliphatic hydroxyl groups excluding tert-OH is 1. The zero-order chi connectivity index (χ0) is 19.0. The van der Waals surface area contributed by atoms with Crippen LogP contribution in [0.15, 0.2) is 41.6 Å². The first-order valence-corrected chi connectivity index (χ1v) is 9.53. The lowest BCUT2D eigenvalue weighted by atomic mass is 10.2. The van der Waals surface area contributed by atoms with Gasteiger partial charge in [-0.05, 0) is 62.7 Å². The molecule has 0 aliphatic rings. The zero-order valence-electron chi connectivity index (χ0n) is 15.6. The van der Waals surface area contributed by atoms with Gasteiger partial charge in [-0.15, -0.1) is 0 Å². The average molecular weight is 378 g/mol. The number of aliphatic hydroxyl groups is 1. The molecule has 1 heterocycles. The Balaban J connectivity index is 1.84. The molecular formula is C19H27N3O3S. The molecule has 0 aliphatic carbocycles. The molecule has 0 spiro atoms. The summed E-state index contributed by atoms with van der Waals surface area (Å²) in [4.78, 5) is 19.1. The van der Waals surface area contributed by atoms with E-state index in [0.717, 1.165) is 15.7 Å². The first-order valence-electron chi connectivity index (χ1n) is 8.71. The Morgan fingerprint density at radius 3 is 2.81 bits per heavy atom. The zero-order valence-corrected chi connectivity index (χ0v) is 16.4. The Morgan fingerprint density at radius 1 is 1.27 bits per heavy atom. The molecular weight excluding hydrogens is 350 g/mol. The monoisotopic (exact) mass is 377 g/mol. The maximum atomic E-state index is 12.3. The Kier molecular flexibility index (Phi) is 7.68. The minimum atomic E-state index is -0.531. The summed E-state index contributed by atoms with van der Waals surface area (Å²) in [5.74, 6) is 0. The van der Waals surface area contributed by atoms with Crippen LogP contribution in [-0.4, -0.2) is 52.9 Å². The van der Waals surface area contributed by atoms with Gasteiger partial charge in [0.15, 0.2) is 0 Å². The van der Waals surface area contributed by atoms with Gasteiger partial charge in [0.25, 0.3) is 0 Å². The van der Waals surface area contributed by atoms with Crippen molar-refractivity contribution in [1.82, 2.24) is 14.6 Å². The van der Waals surface area contributed by atoms with Gasteiger partial charge in [0.2, 0.25) is 0 Å². The number of hydrogen-bond donors (Lipinski definition) is 2. The summed E-state index contributed by atoms with van der Waals surface area (Å²) in [6.07, 6.45) is 3.81. The number of benzene rings is 1. The number of ether oxygens (including phenoxy) is 1. The summed E-state index contributed by atoms with van der Waals surface area (Å²) in [6, 6.07) is 8.17. The molecule has 0 unspecified atom stereocenters. The topological polar surface area (TPSA) is 74.7 Å². The van der Waals surface area contributed by atoms with E-state index in [4.69, 9.17) is 9.84 Å². The standard InChI is InChI=1S/C19H27N3O3S/c1-19(2,3)25-18(24)22(10-4-12-23)11-9-21-26-17-6-5-16-14-20-8-7-15(16)13-17/h5-8,13-14,21,23H,4,9-12H2,1-3H3. The number of nitrogens with one attached hydrogen (secondary N) is 1. The molecule has 2 aromatic rings. The van der Waals surface area contributed by atoms with Crippen LogP contribution in [0.5, 0.6) is 0 Å². The van der Waals surface area contributed by atoms with E-state index < -0.39 is 5.60 Å². The molecule has 2 rings (SSSR count). The molecule has 0 fully saturated rings. The number of rotatable bonds is 8. The normalized spacial score (nSPS) is 11.5. The fourth-order valence-electron chi connectivity index (χ4n) is 2.32. The van der Waals surface area contributed by atoms with Crippen molar-refractivity contribution >= 4 is 28.8 Å². The average Bonchev–Trinajstić information content (AvgIpc) is 2.59. The van der Waals surface area contributed by atoms with Gasteiger partial charge in [0.05, 0.1) is 0 Å². The maximum Gasteiger partial charge on any atom is 0.410 e. The van der Waals surface area contributed by atoms with Gasteiger partial charge in [0.1, 0.15) is 5.60 Å². The van der Waals surface area contributed by atoms with Gasteiger partial charge in [-0.2, -0.15) is 0 Å². The van der Waals surface area contributed by atoms with Gasteiger partial charge in [-0.25, -0.2) is 4.79 Å². The van der Waals surface area contributed by atoms with Crippen LogP contribution in [0, 0.1) is 0 Å². The molecule has 0 atom stereocenters. The Hall–Kier alpha value is -1.83. The number of nitrogens with zero attached hydrogens (tertiary/aromatic N) is 2. The van der Waals surface area contributed by atoms with Crippen LogP contribution in [-0.2, 0) is 4.74 Å². The Morgan fingerprint density at radius 2 is 2.08 bits per heavy atom. The molecule has 0 aliphatic heterocycles. The van der Waals surface area contributed by atoms with Crippen molar-refractivity contribution in [3.8, 4) is 0 Å². The third-order valence-corrected chi connectivity index (χ3v) is 4.36. The van der Waals surface area contributed by atoms with E-state index in [9.17, 15) is 4.79 Å². The second kappa shape index (κ2) is 9.75. The van der Waals surface area contributed by atoms with Crippen LogP contribution in [0.25, 0.3) is 10.8 Å². The molecule has 1 amide bonds. The molecule has 0 bridgehead atoms. The van der Waals surface area contributed by atoms with Crippen LogP contribution in [0.4, 0.5) is 4.79 Å².